The summed E-state index contributed by atoms with van der Waals surface area (Å²) >= 11 is 5.96. The third-order valence-electron chi connectivity index (χ3n) is 6.04. The summed E-state index contributed by atoms with van der Waals surface area (Å²) in [5.41, 5.74) is 5.77. The molecule has 0 bridgehead atoms. The van der Waals surface area contributed by atoms with E-state index in [4.69, 9.17) is 21.4 Å². The van der Waals surface area contributed by atoms with E-state index in [1.165, 1.54) is 0 Å². The summed E-state index contributed by atoms with van der Waals surface area (Å²) in [5, 5.41) is 8.61. The molecule has 8 heteroatoms. The van der Waals surface area contributed by atoms with Gasteiger partial charge in [-0.1, -0.05) is 23.7 Å². The van der Waals surface area contributed by atoms with Crippen LogP contribution in [0, 0.1) is 6.92 Å². The molecule has 0 atom stereocenters. The lowest BCUT2D eigenvalue weighted by Crippen LogP contribution is -2.41. The Labute approximate surface area is 203 Å². The number of carbonyl (C=O) groups excluding carboxylic acids is 1. The van der Waals surface area contributed by atoms with Crippen LogP contribution in [0.5, 0.6) is 5.75 Å². The molecule has 0 radical (unpaired) electrons. The average Bonchev–Trinajstić information content (AvgIpc) is 3.10. The maximum atomic E-state index is 13.2. The summed E-state index contributed by atoms with van der Waals surface area (Å²) in [7, 11) is 1.65. The van der Waals surface area contributed by atoms with Gasteiger partial charge in [0.2, 0.25) is 0 Å². The van der Waals surface area contributed by atoms with Crippen molar-refractivity contribution in [3.05, 3.63) is 88.7 Å². The molecule has 0 unspecified atom stereocenters. The molecule has 0 saturated heterocycles. The minimum atomic E-state index is -0.194. The van der Waals surface area contributed by atoms with Crippen LogP contribution in [-0.2, 0) is 13.0 Å². The molecule has 2 aromatic carbocycles. The van der Waals surface area contributed by atoms with E-state index < -0.39 is 0 Å². The fourth-order valence-corrected chi connectivity index (χ4v) is 4.35. The lowest BCUT2D eigenvalue weighted by Gasteiger charge is -2.22. The Bertz CT molecular complexity index is 1330. The molecule has 0 fully saturated rings. The van der Waals surface area contributed by atoms with Gasteiger partial charge in [0, 0.05) is 41.1 Å². The van der Waals surface area contributed by atoms with Crippen molar-refractivity contribution in [2.24, 2.45) is 0 Å². The summed E-state index contributed by atoms with van der Waals surface area (Å²) in [6, 6.07) is 18.9. The predicted octanol–water partition coefficient (Wildman–Crippen LogP) is 5.18. The van der Waals surface area contributed by atoms with Gasteiger partial charge in [0.15, 0.2) is 0 Å². The Morgan fingerprint density at radius 3 is 2.62 bits per heavy atom. The fraction of sp³-hybridized carbons (Fsp3) is 0.192. The summed E-state index contributed by atoms with van der Waals surface area (Å²) in [6.07, 6.45) is 2.37. The number of pyridine rings is 1. The largest absolute Gasteiger partial charge is 0.497 e. The van der Waals surface area contributed by atoms with Crippen LogP contribution >= 0.6 is 11.6 Å². The number of methoxy groups -OCH3 is 1. The zero-order valence-corrected chi connectivity index (χ0v) is 19.7. The zero-order valence-electron chi connectivity index (χ0n) is 19.0. The van der Waals surface area contributed by atoms with Crippen LogP contribution in [0.15, 0.2) is 66.9 Å². The van der Waals surface area contributed by atoms with Crippen LogP contribution in [0.3, 0.4) is 0 Å². The molecule has 172 valence electrons. The molecule has 0 saturated carbocycles. The molecule has 2 aromatic heterocycles. The number of hydrogen-bond acceptors (Lipinski definition) is 4. The van der Waals surface area contributed by atoms with Crippen LogP contribution in [0.4, 0.5) is 10.6 Å². The van der Waals surface area contributed by atoms with E-state index >= 15 is 0 Å². The molecule has 0 spiro atoms. The highest BCUT2D eigenvalue weighted by Crippen LogP contribution is 2.36. The highest BCUT2D eigenvalue weighted by atomic mass is 35.5. The third kappa shape index (κ3) is 4.10. The van der Waals surface area contributed by atoms with Gasteiger partial charge in [-0.3, -0.25) is 4.90 Å². The van der Waals surface area contributed by atoms with E-state index in [2.05, 4.69) is 17.2 Å². The van der Waals surface area contributed by atoms with E-state index in [0.717, 1.165) is 39.5 Å². The number of benzene rings is 2. The number of ether oxygens (including phenoxy) is 1. The van der Waals surface area contributed by atoms with E-state index in [9.17, 15) is 4.79 Å². The van der Waals surface area contributed by atoms with Gasteiger partial charge < -0.3 is 10.1 Å². The van der Waals surface area contributed by atoms with Crippen molar-refractivity contribution in [2.75, 3.05) is 18.6 Å². The molecule has 2 amide bonds. The number of nitrogens with one attached hydrogen (secondary N) is 1. The second kappa shape index (κ2) is 9.19. The highest BCUT2D eigenvalue weighted by molar-refractivity contribution is 6.30. The van der Waals surface area contributed by atoms with Crippen molar-refractivity contribution in [3.63, 3.8) is 0 Å². The number of halogens is 1. The van der Waals surface area contributed by atoms with E-state index in [0.29, 0.717) is 30.4 Å². The highest BCUT2D eigenvalue weighted by Gasteiger charge is 2.29. The third-order valence-corrected chi connectivity index (χ3v) is 6.29. The number of urea groups is 1. The molecule has 0 aliphatic carbocycles. The maximum absolute atomic E-state index is 13.2. The molecule has 1 aliphatic rings. The van der Waals surface area contributed by atoms with Gasteiger partial charge in [-0.25, -0.2) is 14.5 Å². The Kier molecular flexibility index (Phi) is 5.94. The van der Waals surface area contributed by atoms with E-state index in [1.54, 1.807) is 18.2 Å². The zero-order chi connectivity index (χ0) is 23.7. The van der Waals surface area contributed by atoms with Crippen LogP contribution in [0.25, 0.3) is 16.9 Å². The first-order valence-corrected chi connectivity index (χ1v) is 11.4. The monoisotopic (exact) mass is 473 g/mol. The summed E-state index contributed by atoms with van der Waals surface area (Å²) < 4.78 is 7.22. The maximum Gasteiger partial charge on any atom is 0.323 e. The number of fused-ring (bicyclic) bond motifs is 3. The van der Waals surface area contributed by atoms with E-state index in [-0.39, 0.29) is 6.03 Å². The minimum absolute atomic E-state index is 0.194. The van der Waals surface area contributed by atoms with Crippen molar-refractivity contribution in [2.45, 2.75) is 19.9 Å². The van der Waals surface area contributed by atoms with Crippen molar-refractivity contribution in [3.8, 4) is 22.7 Å². The SMILES string of the molecule is COc1ccc(-n2nc3c(c2C)CCN(C(=O)NCc2ccc(Cl)cc2)c2ncccc2-3)cc1. The molecule has 4 aromatic rings. The van der Waals surface area contributed by atoms with Crippen LogP contribution < -0.4 is 15.0 Å². The molecular formula is C26H24ClN5O2. The molecule has 1 aliphatic heterocycles. The normalized spacial score (nSPS) is 12.5. The lowest BCUT2D eigenvalue weighted by atomic mass is 10.1. The van der Waals surface area contributed by atoms with Crippen molar-refractivity contribution in [1.29, 1.82) is 0 Å². The Balaban J connectivity index is 1.45. The minimum Gasteiger partial charge on any atom is -0.497 e. The first-order chi connectivity index (χ1) is 16.5. The van der Waals surface area contributed by atoms with Crippen LogP contribution in [0.2, 0.25) is 5.02 Å². The standard InChI is InChI=1S/C26H24ClN5O2/c1-17-22-13-15-31(26(33)29-16-18-5-7-19(27)8-6-18)25-23(4-3-14-28-25)24(22)30-32(17)20-9-11-21(34-2)12-10-20/h3-12,14H,13,15-16H2,1-2H3,(H,29,33). The van der Waals surface area contributed by atoms with Crippen molar-refractivity contribution < 1.29 is 9.53 Å². The van der Waals surface area contributed by atoms with Crippen molar-refractivity contribution in [1.82, 2.24) is 20.1 Å². The molecule has 1 N–H and O–H groups in total. The van der Waals surface area contributed by atoms with Crippen molar-refractivity contribution >= 4 is 23.4 Å². The van der Waals surface area contributed by atoms with Gasteiger partial charge >= 0.3 is 6.03 Å². The summed E-state index contributed by atoms with van der Waals surface area (Å²) in [4.78, 5) is 19.4. The molecular weight excluding hydrogens is 450 g/mol. The molecule has 34 heavy (non-hydrogen) atoms. The number of aromatic nitrogens is 3. The summed E-state index contributed by atoms with van der Waals surface area (Å²) in [5.74, 6) is 1.40. The Hall–Kier alpha value is -3.84. The second-order valence-electron chi connectivity index (χ2n) is 8.08. The number of nitrogens with zero attached hydrogens (tertiary/aromatic N) is 4. The van der Waals surface area contributed by atoms with Gasteiger partial charge in [0.1, 0.15) is 11.6 Å². The number of carbonyl (C=O) groups is 1. The predicted molar refractivity (Wildman–Crippen MR) is 133 cm³/mol. The number of amides is 2. The first kappa shape index (κ1) is 22.0. The quantitative estimate of drug-likeness (QED) is 0.443. The summed E-state index contributed by atoms with van der Waals surface area (Å²) in [6.45, 7) is 2.96. The lowest BCUT2D eigenvalue weighted by molar-refractivity contribution is 0.246. The van der Waals surface area contributed by atoms with Crippen LogP contribution in [-0.4, -0.2) is 34.5 Å². The first-order valence-electron chi connectivity index (χ1n) is 11.0. The number of hydrogen-bond donors (Lipinski definition) is 1. The Morgan fingerprint density at radius 1 is 1.12 bits per heavy atom. The average molecular weight is 474 g/mol. The van der Waals surface area contributed by atoms with Gasteiger partial charge in [0.25, 0.3) is 0 Å². The van der Waals surface area contributed by atoms with Gasteiger partial charge in [0.05, 0.1) is 18.5 Å². The topological polar surface area (TPSA) is 72.3 Å². The van der Waals surface area contributed by atoms with Gasteiger partial charge in [-0.2, -0.15) is 5.10 Å². The van der Waals surface area contributed by atoms with Gasteiger partial charge in [-0.15, -0.1) is 0 Å². The number of anilines is 1. The van der Waals surface area contributed by atoms with E-state index in [1.807, 2.05) is 65.3 Å². The number of rotatable bonds is 4. The van der Waals surface area contributed by atoms with Gasteiger partial charge in [-0.05, 0) is 67.4 Å². The smallest absolute Gasteiger partial charge is 0.323 e. The second-order valence-corrected chi connectivity index (χ2v) is 8.52. The molecule has 7 nitrogen and oxygen atoms in total. The molecule has 3 heterocycles. The fourth-order valence-electron chi connectivity index (χ4n) is 4.22. The molecule has 5 rings (SSSR count). The Morgan fingerprint density at radius 2 is 1.88 bits per heavy atom. The van der Waals surface area contributed by atoms with Crippen LogP contribution in [0.1, 0.15) is 16.8 Å².